The molecule has 0 N–H and O–H groups in total. The number of thioether (sulfide) groups is 1. The summed E-state index contributed by atoms with van der Waals surface area (Å²) in [7, 11) is 0. The molecule has 6 nitrogen and oxygen atoms in total. The van der Waals surface area contributed by atoms with Crippen molar-refractivity contribution in [3.8, 4) is 0 Å². The standard InChI is InChI=1S/C29H23FN4O2S2/c1-18-8-13-25-31-26(32-14-4-6-20-5-2-3-7-23(20)32)22(27(35)33(25)16-18)15-24-28(36)34(29(37)38-24)17-19-9-11-21(30)12-10-19/h2-3,5,7-13,15-16H,4,6,14,17H2,1H3. The van der Waals surface area contributed by atoms with Crippen LogP contribution in [0.2, 0.25) is 0 Å². The molecule has 9 heteroatoms. The minimum atomic E-state index is -0.342. The van der Waals surface area contributed by atoms with Gasteiger partial charge in [0.05, 0.1) is 17.0 Å². The average Bonchev–Trinajstić information content (AvgIpc) is 3.18. The first-order chi connectivity index (χ1) is 18.4. The van der Waals surface area contributed by atoms with Crippen LogP contribution in [0.15, 0.2) is 76.6 Å². The monoisotopic (exact) mass is 542 g/mol. The molecule has 2 aromatic carbocycles. The van der Waals surface area contributed by atoms with Gasteiger partial charge in [-0.2, -0.15) is 0 Å². The van der Waals surface area contributed by atoms with Gasteiger partial charge in [-0.3, -0.25) is 18.9 Å². The van der Waals surface area contributed by atoms with Crippen molar-refractivity contribution in [1.29, 1.82) is 0 Å². The zero-order valence-corrected chi connectivity index (χ0v) is 22.2. The topological polar surface area (TPSA) is 57.9 Å². The molecule has 4 heterocycles. The van der Waals surface area contributed by atoms with Crippen molar-refractivity contribution >= 4 is 57.4 Å². The first kappa shape index (κ1) is 24.5. The van der Waals surface area contributed by atoms with E-state index in [1.54, 1.807) is 24.4 Å². The van der Waals surface area contributed by atoms with Crippen LogP contribution in [-0.2, 0) is 17.8 Å². The third kappa shape index (κ3) is 4.41. The molecule has 0 spiro atoms. The summed E-state index contributed by atoms with van der Waals surface area (Å²) in [6, 6.07) is 17.9. The SMILES string of the molecule is Cc1ccc2nc(N3CCCc4ccccc43)c(C=C3SC(=S)N(Cc4ccc(F)cc4)C3=O)c(=O)n2c1. The van der Waals surface area contributed by atoms with E-state index in [1.807, 2.05) is 37.3 Å². The van der Waals surface area contributed by atoms with Crippen LogP contribution in [-0.4, -0.2) is 31.1 Å². The predicted octanol–water partition coefficient (Wildman–Crippen LogP) is 5.63. The molecule has 2 aromatic heterocycles. The van der Waals surface area contributed by atoms with E-state index in [2.05, 4.69) is 11.0 Å². The van der Waals surface area contributed by atoms with E-state index < -0.39 is 0 Å². The number of para-hydroxylation sites is 1. The number of anilines is 2. The lowest BCUT2D eigenvalue weighted by Gasteiger charge is -2.31. The quantitative estimate of drug-likeness (QED) is 0.246. The highest BCUT2D eigenvalue weighted by molar-refractivity contribution is 8.26. The van der Waals surface area contributed by atoms with Gasteiger partial charge < -0.3 is 4.90 Å². The zero-order chi connectivity index (χ0) is 26.4. The van der Waals surface area contributed by atoms with E-state index in [9.17, 15) is 14.0 Å². The number of hydrogen-bond acceptors (Lipinski definition) is 6. The smallest absolute Gasteiger partial charge is 0.267 e. The molecule has 190 valence electrons. The van der Waals surface area contributed by atoms with Crippen molar-refractivity contribution in [1.82, 2.24) is 14.3 Å². The van der Waals surface area contributed by atoms with Crippen LogP contribution in [0, 0.1) is 12.7 Å². The van der Waals surface area contributed by atoms with Gasteiger partial charge in [-0.05, 0) is 66.8 Å². The minimum absolute atomic E-state index is 0.225. The summed E-state index contributed by atoms with van der Waals surface area (Å²) in [5.74, 6) is -0.108. The second-order valence-electron chi connectivity index (χ2n) is 9.37. The highest BCUT2D eigenvalue weighted by Gasteiger charge is 2.33. The lowest BCUT2D eigenvalue weighted by atomic mass is 10.0. The van der Waals surface area contributed by atoms with Crippen molar-refractivity contribution in [2.45, 2.75) is 26.3 Å². The molecule has 0 saturated carbocycles. The second-order valence-corrected chi connectivity index (χ2v) is 11.0. The normalized spacial score (nSPS) is 16.5. The lowest BCUT2D eigenvalue weighted by molar-refractivity contribution is -0.122. The third-order valence-electron chi connectivity index (χ3n) is 6.75. The molecule has 2 aliphatic rings. The van der Waals surface area contributed by atoms with Crippen LogP contribution in [0.5, 0.6) is 0 Å². The number of halogens is 1. The summed E-state index contributed by atoms with van der Waals surface area (Å²) in [5.41, 5.74) is 4.53. The van der Waals surface area contributed by atoms with Gasteiger partial charge in [0.25, 0.3) is 11.5 Å². The summed E-state index contributed by atoms with van der Waals surface area (Å²) >= 11 is 6.67. The fraction of sp³-hybridized carbons (Fsp3) is 0.172. The number of pyridine rings is 1. The number of benzene rings is 2. The van der Waals surface area contributed by atoms with Crippen LogP contribution in [0.25, 0.3) is 11.7 Å². The molecule has 0 bridgehead atoms. The van der Waals surface area contributed by atoms with Gasteiger partial charge in [-0.1, -0.05) is 60.4 Å². The fourth-order valence-corrected chi connectivity index (χ4v) is 6.11. The van der Waals surface area contributed by atoms with Crippen LogP contribution < -0.4 is 10.5 Å². The Labute approximate surface area is 228 Å². The number of amides is 1. The van der Waals surface area contributed by atoms with Crippen LogP contribution in [0.4, 0.5) is 15.9 Å². The van der Waals surface area contributed by atoms with E-state index in [1.165, 1.54) is 27.0 Å². The van der Waals surface area contributed by atoms with E-state index in [-0.39, 0.29) is 23.8 Å². The van der Waals surface area contributed by atoms with Gasteiger partial charge in [0, 0.05) is 18.4 Å². The number of fused-ring (bicyclic) bond motifs is 2. The van der Waals surface area contributed by atoms with Gasteiger partial charge in [-0.25, -0.2) is 9.37 Å². The summed E-state index contributed by atoms with van der Waals surface area (Å²) < 4.78 is 15.3. The van der Waals surface area contributed by atoms with E-state index in [0.717, 1.165) is 41.4 Å². The van der Waals surface area contributed by atoms with Gasteiger partial charge in [0.15, 0.2) is 0 Å². The number of nitrogens with zero attached hydrogens (tertiary/aromatic N) is 4. The Bertz CT molecular complexity index is 1700. The molecular formula is C29H23FN4O2S2. The van der Waals surface area contributed by atoms with E-state index >= 15 is 0 Å². The van der Waals surface area contributed by atoms with E-state index in [4.69, 9.17) is 17.2 Å². The maximum absolute atomic E-state index is 13.9. The molecule has 6 rings (SSSR count). The average molecular weight is 543 g/mol. The second kappa shape index (κ2) is 9.81. The highest BCUT2D eigenvalue weighted by atomic mass is 32.2. The number of aromatic nitrogens is 2. The van der Waals surface area contributed by atoms with Gasteiger partial charge in [0.2, 0.25) is 0 Å². The van der Waals surface area contributed by atoms with Crippen LogP contribution in [0.1, 0.15) is 28.7 Å². The Balaban J connectivity index is 1.47. The maximum Gasteiger partial charge on any atom is 0.267 e. The molecule has 0 atom stereocenters. The lowest BCUT2D eigenvalue weighted by Crippen LogP contribution is -2.30. The molecule has 1 fully saturated rings. The fourth-order valence-electron chi connectivity index (χ4n) is 4.87. The Morgan fingerprint density at radius 1 is 1.08 bits per heavy atom. The van der Waals surface area contributed by atoms with Crippen molar-refractivity contribution in [3.63, 3.8) is 0 Å². The first-order valence-electron chi connectivity index (χ1n) is 12.3. The Kier molecular flexibility index (Phi) is 6.33. The number of thiocarbonyl (C=S) groups is 1. The third-order valence-corrected chi connectivity index (χ3v) is 8.13. The maximum atomic E-state index is 13.9. The van der Waals surface area contributed by atoms with Gasteiger partial charge in [0.1, 0.15) is 21.6 Å². The summed E-state index contributed by atoms with van der Waals surface area (Å²) in [4.78, 5) is 36.2. The number of hydrogen-bond donors (Lipinski definition) is 0. The molecule has 2 aliphatic heterocycles. The Morgan fingerprint density at radius 3 is 2.68 bits per heavy atom. The van der Waals surface area contributed by atoms with Crippen molar-refractivity contribution in [2.75, 3.05) is 11.4 Å². The van der Waals surface area contributed by atoms with Gasteiger partial charge in [-0.15, -0.1) is 0 Å². The molecule has 4 aromatic rings. The number of carbonyl (C=O) groups is 1. The molecule has 1 amide bonds. The van der Waals surface area contributed by atoms with Crippen LogP contribution >= 0.6 is 24.0 Å². The van der Waals surface area contributed by atoms with Crippen molar-refractivity contribution < 1.29 is 9.18 Å². The highest BCUT2D eigenvalue weighted by Crippen LogP contribution is 2.37. The molecule has 0 unspecified atom stereocenters. The molecule has 38 heavy (non-hydrogen) atoms. The van der Waals surface area contributed by atoms with Crippen LogP contribution in [0.3, 0.4) is 0 Å². The number of carbonyl (C=O) groups excluding carboxylic acids is 1. The largest absolute Gasteiger partial charge is 0.325 e. The molecule has 0 radical (unpaired) electrons. The zero-order valence-electron chi connectivity index (χ0n) is 20.6. The Hall–Kier alpha value is -3.82. The summed E-state index contributed by atoms with van der Waals surface area (Å²) in [5, 5.41) is 0. The first-order valence-corrected chi connectivity index (χ1v) is 13.5. The van der Waals surface area contributed by atoms with E-state index in [0.29, 0.717) is 32.8 Å². The van der Waals surface area contributed by atoms with Gasteiger partial charge >= 0.3 is 0 Å². The minimum Gasteiger partial charge on any atom is -0.325 e. The Morgan fingerprint density at radius 2 is 1.87 bits per heavy atom. The molecule has 1 saturated heterocycles. The number of rotatable bonds is 4. The summed E-state index contributed by atoms with van der Waals surface area (Å²) in [6.07, 6.45) is 5.26. The molecule has 0 aliphatic carbocycles. The molecular weight excluding hydrogens is 519 g/mol. The summed E-state index contributed by atoms with van der Waals surface area (Å²) in [6.45, 7) is 2.85. The number of aryl methyl sites for hydroxylation is 2. The van der Waals surface area contributed by atoms with Crippen molar-refractivity contribution in [2.24, 2.45) is 0 Å². The van der Waals surface area contributed by atoms with Crippen molar-refractivity contribution in [3.05, 3.63) is 110 Å². The predicted molar refractivity (Wildman–Crippen MR) is 153 cm³/mol.